The van der Waals surface area contributed by atoms with Gasteiger partial charge in [-0.2, -0.15) is 4.98 Å². The summed E-state index contributed by atoms with van der Waals surface area (Å²) in [5.74, 6) is 1.60. The molecular formula is C15H29N5O. The Balaban J connectivity index is 2.12. The van der Waals surface area contributed by atoms with Gasteiger partial charge in [0, 0.05) is 26.2 Å². The molecule has 1 aliphatic heterocycles. The molecule has 2 unspecified atom stereocenters. The minimum atomic E-state index is 0.137. The summed E-state index contributed by atoms with van der Waals surface area (Å²) in [6, 6.07) is 0.203. The van der Waals surface area contributed by atoms with Crippen molar-refractivity contribution in [2.24, 2.45) is 11.1 Å². The number of piperazine rings is 1. The second-order valence-corrected chi connectivity index (χ2v) is 7.45. The van der Waals surface area contributed by atoms with E-state index in [0.29, 0.717) is 12.4 Å². The van der Waals surface area contributed by atoms with Crippen LogP contribution in [0.4, 0.5) is 0 Å². The topological polar surface area (TPSA) is 71.4 Å². The molecule has 2 rings (SSSR count). The van der Waals surface area contributed by atoms with Gasteiger partial charge in [0.15, 0.2) is 5.82 Å². The maximum Gasteiger partial charge on any atom is 0.231 e. The fourth-order valence-corrected chi connectivity index (χ4v) is 2.85. The SMILES string of the molecule is CN1CCN(C)C(c2noc(C(CN)CC(C)(C)C)n2)C1. The molecule has 1 aliphatic rings. The van der Waals surface area contributed by atoms with E-state index >= 15 is 0 Å². The quantitative estimate of drug-likeness (QED) is 0.907. The Labute approximate surface area is 127 Å². The van der Waals surface area contributed by atoms with Crippen LogP contribution in [0.2, 0.25) is 0 Å². The molecule has 1 aromatic rings. The molecule has 0 spiro atoms. The van der Waals surface area contributed by atoms with E-state index in [4.69, 9.17) is 10.3 Å². The van der Waals surface area contributed by atoms with Crippen molar-refractivity contribution < 1.29 is 4.52 Å². The molecule has 1 saturated heterocycles. The maximum absolute atomic E-state index is 5.90. The number of hydrogen-bond donors (Lipinski definition) is 1. The molecule has 0 saturated carbocycles. The van der Waals surface area contributed by atoms with Gasteiger partial charge >= 0.3 is 0 Å². The zero-order valence-electron chi connectivity index (χ0n) is 14.0. The first-order chi connectivity index (χ1) is 9.80. The first-order valence-electron chi connectivity index (χ1n) is 7.72. The predicted molar refractivity (Wildman–Crippen MR) is 83.0 cm³/mol. The minimum absolute atomic E-state index is 0.137. The van der Waals surface area contributed by atoms with Gasteiger partial charge in [0.2, 0.25) is 5.89 Å². The molecule has 0 radical (unpaired) electrons. The molecule has 21 heavy (non-hydrogen) atoms. The van der Waals surface area contributed by atoms with E-state index in [1.54, 1.807) is 0 Å². The van der Waals surface area contributed by atoms with Gasteiger partial charge in [-0.25, -0.2) is 0 Å². The van der Waals surface area contributed by atoms with Crippen LogP contribution in [0.1, 0.15) is 50.9 Å². The van der Waals surface area contributed by atoms with E-state index in [1.807, 2.05) is 0 Å². The normalized spacial score (nSPS) is 23.4. The van der Waals surface area contributed by atoms with Gasteiger partial charge in [0.1, 0.15) is 0 Å². The van der Waals surface area contributed by atoms with E-state index in [9.17, 15) is 0 Å². The summed E-state index contributed by atoms with van der Waals surface area (Å²) in [7, 11) is 4.24. The summed E-state index contributed by atoms with van der Waals surface area (Å²) in [5, 5.41) is 4.21. The van der Waals surface area contributed by atoms with Gasteiger partial charge in [-0.15, -0.1) is 0 Å². The third-order valence-corrected chi connectivity index (χ3v) is 4.10. The van der Waals surface area contributed by atoms with Crippen LogP contribution in [0.15, 0.2) is 4.52 Å². The van der Waals surface area contributed by atoms with E-state index in [-0.39, 0.29) is 17.4 Å². The van der Waals surface area contributed by atoms with Crippen molar-refractivity contribution in [1.82, 2.24) is 19.9 Å². The lowest BCUT2D eigenvalue weighted by atomic mass is 9.84. The molecule has 6 nitrogen and oxygen atoms in total. The molecule has 1 aromatic heterocycles. The molecule has 6 heteroatoms. The zero-order valence-corrected chi connectivity index (χ0v) is 14.0. The minimum Gasteiger partial charge on any atom is -0.339 e. The second-order valence-electron chi connectivity index (χ2n) is 7.45. The van der Waals surface area contributed by atoms with Crippen molar-refractivity contribution in [1.29, 1.82) is 0 Å². The Bertz CT molecular complexity index is 453. The van der Waals surface area contributed by atoms with Crippen molar-refractivity contribution in [2.75, 3.05) is 40.3 Å². The molecule has 2 heterocycles. The molecule has 0 aliphatic carbocycles. The number of rotatable bonds is 4. The Hall–Kier alpha value is -0.980. The molecule has 120 valence electrons. The third kappa shape index (κ3) is 4.25. The van der Waals surface area contributed by atoms with Gasteiger partial charge < -0.3 is 15.2 Å². The highest BCUT2D eigenvalue weighted by molar-refractivity contribution is 5.02. The number of likely N-dealkylation sites (N-methyl/N-ethyl adjacent to an activating group) is 2. The molecule has 2 N–H and O–H groups in total. The second kappa shape index (κ2) is 6.42. The Morgan fingerprint density at radius 2 is 2.05 bits per heavy atom. The summed E-state index contributed by atoms with van der Waals surface area (Å²) in [4.78, 5) is 9.24. The van der Waals surface area contributed by atoms with Crippen LogP contribution in [0.3, 0.4) is 0 Å². The third-order valence-electron chi connectivity index (χ3n) is 4.10. The van der Waals surface area contributed by atoms with Gasteiger partial charge in [-0.05, 0) is 25.9 Å². The first kappa shape index (κ1) is 16.4. The van der Waals surface area contributed by atoms with E-state index in [2.05, 4.69) is 54.8 Å². The van der Waals surface area contributed by atoms with Crippen LogP contribution < -0.4 is 5.73 Å². The molecule has 0 bridgehead atoms. The summed E-state index contributed by atoms with van der Waals surface area (Å²) in [6.45, 7) is 10.2. The van der Waals surface area contributed by atoms with E-state index < -0.39 is 0 Å². The van der Waals surface area contributed by atoms with Crippen LogP contribution in [0, 0.1) is 5.41 Å². The highest BCUT2D eigenvalue weighted by Gasteiger charge is 2.30. The van der Waals surface area contributed by atoms with Crippen LogP contribution in [-0.2, 0) is 0 Å². The number of nitrogens with two attached hydrogens (primary N) is 1. The molecule has 2 atom stereocenters. The van der Waals surface area contributed by atoms with E-state index in [0.717, 1.165) is 31.9 Å². The standard InChI is InChI=1S/C15H29N5O/c1-15(2,3)8-11(9-16)14-17-13(18-21-14)12-10-19(4)6-7-20(12)5/h11-12H,6-10,16H2,1-5H3. The summed E-state index contributed by atoms with van der Waals surface area (Å²) in [6.07, 6.45) is 0.950. The fraction of sp³-hybridized carbons (Fsp3) is 0.867. The maximum atomic E-state index is 5.90. The van der Waals surface area contributed by atoms with Crippen LogP contribution in [-0.4, -0.2) is 60.2 Å². The molecule has 0 amide bonds. The monoisotopic (exact) mass is 295 g/mol. The lowest BCUT2D eigenvalue weighted by molar-refractivity contribution is 0.108. The van der Waals surface area contributed by atoms with Crippen molar-refractivity contribution in [2.45, 2.75) is 39.2 Å². The van der Waals surface area contributed by atoms with Gasteiger partial charge in [-0.1, -0.05) is 25.9 Å². The predicted octanol–water partition coefficient (Wildman–Crippen LogP) is 1.47. The number of nitrogens with zero attached hydrogens (tertiary/aromatic N) is 4. The smallest absolute Gasteiger partial charge is 0.231 e. The summed E-state index contributed by atoms with van der Waals surface area (Å²) < 4.78 is 5.51. The lowest BCUT2D eigenvalue weighted by Gasteiger charge is -2.35. The van der Waals surface area contributed by atoms with Crippen LogP contribution in [0.25, 0.3) is 0 Å². The van der Waals surface area contributed by atoms with Gasteiger partial charge in [-0.3, -0.25) is 4.90 Å². The van der Waals surface area contributed by atoms with Crippen LogP contribution in [0.5, 0.6) is 0 Å². The Kier molecular flexibility index (Phi) is 5.01. The Morgan fingerprint density at radius 1 is 1.33 bits per heavy atom. The van der Waals surface area contributed by atoms with Crippen LogP contribution >= 0.6 is 0 Å². The van der Waals surface area contributed by atoms with Crippen molar-refractivity contribution in [3.8, 4) is 0 Å². The molecule has 1 fully saturated rings. The zero-order chi connectivity index (χ0) is 15.6. The summed E-state index contributed by atoms with van der Waals surface area (Å²) >= 11 is 0. The number of aromatic nitrogens is 2. The lowest BCUT2D eigenvalue weighted by Crippen LogP contribution is -2.45. The highest BCUT2D eigenvalue weighted by Crippen LogP contribution is 2.30. The molecular weight excluding hydrogens is 266 g/mol. The Morgan fingerprint density at radius 3 is 2.67 bits per heavy atom. The average Bonchev–Trinajstić information content (AvgIpc) is 2.87. The van der Waals surface area contributed by atoms with Crippen molar-refractivity contribution in [3.05, 3.63) is 11.7 Å². The summed E-state index contributed by atoms with van der Waals surface area (Å²) in [5.41, 5.74) is 6.10. The van der Waals surface area contributed by atoms with Crippen molar-refractivity contribution in [3.63, 3.8) is 0 Å². The van der Waals surface area contributed by atoms with Gasteiger partial charge in [0.25, 0.3) is 0 Å². The largest absolute Gasteiger partial charge is 0.339 e. The van der Waals surface area contributed by atoms with Gasteiger partial charge in [0.05, 0.1) is 12.0 Å². The fourth-order valence-electron chi connectivity index (χ4n) is 2.85. The number of hydrogen-bond acceptors (Lipinski definition) is 6. The molecule has 0 aromatic carbocycles. The van der Waals surface area contributed by atoms with E-state index in [1.165, 1.54) is 0 Å². The first-order valence-corrected chi connectivity index (χ1v) is 7.72. The van der Waals surface area contributed by atoms with Crippen molar-refractivity contribution >= 4 is 0 Å². The average molecular weight is 295 g/mol. The highest BCUT2D eigenvalue weighted by atomic mass is 16.5.